The van der Waals surface area contributed by atoms with E-state index in [9.17, 15) is 14.4 Å². The highest BCUT2D eigenvalue weighted by atomic mass is 32.1. The van der Waals surface area contributed by atoms with Crippen LogP contribution in [0.15, 0.2) is 5.38 Å². The van der Waals surface area contributed by atoms with Gasteiger partial charge in [0.15, 0.2) is 16.7 Å². The Kier molecular flexibility index (Phi) is 8.33. The van der Waals surface area contributed by atoms with Crippen LogP contribution < -0.4 is 21.7 Å². The Morgan fingerprint density at radius 2 is 2.29 bits per heavy atom. The number of nitrogens with one attached hydrogen (secondary N) is 4. The van der Waals surface area contributed by atoms with Gasteiger partial charge in [0.2, 0.25) is 11.7 Å². The number of guanidine groups is 1. The predicted octanol–water partition coefficient (Wildman–Crippen LogP) is 0.00257. The summed E-state index contributed by atoms with van der Waals surface area (Å²) in [5.74, 6) is -1.32. The van der Waals surface area contributed by atoms with Gasteiger partial charge in [0.25, 0.3) is 0 Å². The van der Waals surface area contributed by atoms with Crippen LogP contribution >= 0.6 is 11.3 Å². The number of hydrogen-bond acceptors (Lipinski definition) is 8. The third-order valence-corrected chi connectivity index (χ3v) is 5.05. The minimum Gasteiger partial charge on any atom is -0.461 e. The largest absolute Gasteiger partial charge is 0.461 e. The van der Waals surface area contributed by atoms with Crippen molar-refractivity contribution in [2.75, 3.05) is 19.7 Å². The monoisotopic (exact) mass is 410 g/mol. The van der Waals surface area contributed by atoms with Gasteiger partial charge in [0.05, 0.1) is 18.7 Å². The number of nitrogens with zero attached hydrogens (tertiary/aromatic N) is 1. The number of amides is 1. The summed E-state index contributed by atoms with van der Waals surface area (Å²) in [5.41, 5.74) is 5.47. The van der Waals surface area contributed by atoms with Crippen molar-refractivity contribution >= 4 is 35.0 Å². The van der Waals surface area contributed by atoms with Gasteiger partial charge in [-0.1, -0.05) is 0 Å². The molecular formula is C17H26N6O4S. The first-order valence-electron chi connectivity index (χ1n) is 9.20. The van der Waals surface area contributed by atoms with Gasteiger partial charge in [-0.25, -0.2) is 9.78 Å². The average Bonchev–Trinajstić information content (AvgIpc) is 3.35. The summed E-state index contributed by atoms with van der Waals surface area (Å²) in [6.07, 6.45) is 2.68. The van der Waals surface area contributed by atoms with E-state index in [0.29, 0.717) is 19.4 Å². The van der Waals surface area contributed by atoms with E-state index in [2.05, 4.69) is 20.9 Å². The van der Waals surface area contributed by atoms with Crippen molar-refractivity contribution in [1.29, 1.82) is 5.41 Å². The number of hydrogen-bond donors (Lipinski definition) is 5. The fourth-order valence-electron chi connectivity index (χ4n) is 2.84. The molecule has 2 heterocycles. The summed E-state index contributed by atoms with van der Waals surface area (Å²) in [5, 5.41) is 17.6. The lowest BCUT2D eigenvalue weighted by atomic mass is 10.1. The Hall–Kier alpha value is -2.53. The zero-order chi connectivity index (χ0) is 20.5. The number of ether oxygens (including phenoxy) is 1. The maximum atomic E-state index is 12.7. The van der Waals surface area contributed by atoms with Crippen molar-refractivity contribution in [3.8, 4) is 0 Å². The first kappa shape index (κ1) is 21.8. The number of rotatable bonds is 10. The van der Waals surface area contributed by atoms with E-state index in [1.165, 1.54) is 5.38 Å². The molecule has 154 valence electrons. The molecule has 1 amide bonds. The second kappa shape index (κ2) is 10.7. The standard InChI is InChI=1S/C17H26N6O4S/c1-2-27-16(26)12-9-28-15(22-12)13(24)10(23-17(18)19)5-3-8-21-14(25)11-6-4-7-20-11/h9-11,20H,2-8H2,1H3,(H,21,25)(H4,18,19,23)/t10?,11-/m0/s1. The van der Waals surface area contributed by atoms with Gasteiger partial charge in [-0.2, -0.15) is 0 Å². The van der Waals surface area contributed by atoms with Gasteiger partial charge >= 0.3 is 5.97 Å². The van der Waals surface area contributed by atoms with E-state index in [-0.39, 0.29) is 41.0 Å². The van der Waals surface area contributed by atoms with Crippen LogP contribution in [0.3, 0.4) is 0 Å². The summed E-state index contributed by atoms with van der Waals surface area (Å²) in [4.78, 5) is 40.4. The molecule has 0 spiro atoms. The molecule has 0 saturated carbocycles. The number of thiazole rings is 1. The molecule has 10 nitrogen and oxygen atoms in total. The number of nitrogens with two attached hydrogens (primary N) is 1. The van der Waals surface area contributed by atoms with Crippen LogP contribution in [-0.4, -0.2) is 60.4 Å². The number of ketones is 1. The Morgan fingerprint density at radius 3 is 2.93 bits per heavy atom. The first-order chi connectivity index (χ1) is 13.4. The van der Waals surface area contributed by atoms with E-state index in [0.717, 1.165) is 30.7 Å². The van der Waals surface area contributed by atoms with E-state index < -0.39 is 12.0 Å². The van der Waals surface area contributed by atoms with Crippen LogP contribution in [0, 0.1) is 5.41 Å². The third-order valence-electron chi connectivity index (χ3n) is 4.19. The van der Waals surface area contributed by atoms with Gasteiger partial charge < -0.3 is 26.4 Å². The Bertz CT molecular complexity index is 716. The molecule has 1 aliphatic rings. The molecule has 2 atom stereocenters. The minimum atomic E-state index is -0.764. The molecule has 1 aliphatic heterocycles. The first-order valence-corrected chi connectivity index (χ1v) is 10.1. The lowest BCUT2D eigenvalue weighted by Crippen LogP contribution is -2.45. The lowest BCUT2D eigenvalue weighted by Gasteiger charge is -2.17. The quantitative estimate of drug-likeness (QED) is 0.118. The fraction of sp³-hybridized carbons (Fsp3) is 0.588. The summed E-state index contributed by atoms with van der Waals surface area (Å²) in [6.45, 7) is 3.16. The number of Topliss-reactive ketones (excluding diaryl/α,β-unsaturated/α-hetero) is 1. The van der Waals surface area contributed by atoms with Crippen molar-refractivity contribution in [1.82, 2.24) is 20.9 Å². The Morgan fingerprint density at radius 1 is 1.50 bits per heavy atom. The number of aromatic nitrogens is 1. The summed E-state index contributed by atoms with van der Waals surface area (Å²) < 4.78 is 4.87. The van der Waals surface area contributed by atoms with E-state index in [1.54, 1.807) is 6.92 Å². The fourth-order valence-corrected chi connectivity index (χ4v) is 3.62. The molecule has 1 fully saturated rings. The molecule has 2 rings (SSSR count). The SMILES string of the molecule is CCOC(=O)c1csc(C(=O)C(CCCNC(=O)[C@@H]2CCCN2)NC(=N)N)n1. The van der Waals surface area contributed by atoms with Crippen LogP contribution in [-0.2, 0) is 9.53 Å². The van der Waals surface area contributed by atoms with E-state index in [4.69, 9.17) is 15.9 Å². The molecule has 0 aliphatic carbocycles. The third kappa shape index (κ3) is 6.27. The molecule has 0 aromatic carbocycles. The van der Waals surface area contributed by atoms with E-state index >= 15 is 0 Å². The molecule has 28 heavy (non-hydrogen) atoms. The highest BCUT2D eigenvalue weighted by Gasteiger charge is 2.25. The normalized spacial score (nSPS) is 17.0. The molecule has 1 aromatic heterocycles. The topological polar surface area (TPSA) is 159 Å². The summed E-state index contributed by atoms with van der Waals surface area (Å²) in [6, 6.07) is -0.912. The molecule has 0 radical (unpaired) electrons. The maximum absolute atomic E-state index is 12.7. The van der Waals surface area contributed by atoms with Gasteiger partial charge in [-0.15, -0.1) is 11.3 Å². The van der Waals surface area contributed by atoms with Crippen LogP contribution in [0.5, 0.6) is 0 Å². The number of carbonyl (C=O) groups is 3. The van der Waals surface area contributed by atoms with Crippen LogP contribution in [0.4, 0.5) is 0 Å². The van der Waals surface area contributed by atoms with Gasteiger partial charge in [0, 0.05) is 11.9 Å². The Balaban J connectivity index is 1.89. The van der Waals surface area contributed by atoms with Crippen LogP contribution in [0.25, 0.3) is 0 Å². The summed E-state index contributed by atoms with van der Waals surface area (Å²) in [7, 11) is 0. The average molecular weight is 411 g/mol. The van der Waals surface area contributed by atoms with Crippen molar-refractivity contribution in [2.45, 2.75) is 44.7 Å². The van der Waals surface area contributed by atoms with Crippen LogP contribution in [0.2, 0.25) is 0 Å². The minimum absolute atomic E-state index is 0.0427. The zero-order valence-corrected chi connectivity index (χ0v) is 16.6. The van der Waals surface area contributed by atoms with Crippen molar-refractivity contribution in [3.63, 3.8) is 0 Å². The maximum Gasteiger partial charge on any atom is 0.357 e. The van der Waals surface area contributed by atoms with Gasteiger partial charge in [-0.3, -0.25) is 15.0 Å². The number of carbonyl (C=O) groups excluding carboxylic acids is 3. The lowest BCUT2D eigenvalue weighted by molar-refractivity contribution is -0.122. The second-order valence-corrected chi connectivity index (χ2v) is 7.17. The molecule has 11 heteroatoms. The molecule has 1 aromatic rings. The van der Waals surface area contributed by atoms with Crippen molar-refractivity contribution in [2.24, 2.45) is 5.73 Å². The van der Waals surface area contributed by atoms with Crippen molar-refractivity contribution in [3.05, 3.63) is 16.1 Å². The van der Waals surface area contributed by atoms with E-state index in [1.807, 2.05) is 0 Å². The molecular weight excluding hydrogens is 384 g/mol. The highest BCUT2D eigenvalue weighted by Crippen LogP contribution is 2.15. The van der Waals surface area contributed by atoms with Crippen molar-refractivity contribution < 1.29 is 19.1 Å². The van der Waals surface area contributed by atoms with Crippen LogP contribution in [0.1, 0.15) is 52.9 Å². The predicted molar refractivity (Wildman–Crippen MR) is 105 cm³/mol. The molecule has 1 unspecified atom stereocenters. The molecule has 1 saturated heterocycles. The van der Waals surface area contributed by atoms with Gasteiger partial charge in [-0.05, 0) is 39.2 Å². The zero-order valence-electron chi connectivity index (χ0n) is 15.7. The van der Waals surface area contributed by atoms with Gasteiger partial charge in [0.1, 0.15) is 0 Å². The summed E-state index contributed by atoms with van der Waals surface area (Å²) >= 11 is 1.04. The molecule has 0 bridgehead atoms. The number of esters is 1. The highest BCUT2D eigenvalue weighted by molar-refractivity contribution is 7.12. The molecule has 6 N–H and O–H groups in total. The Labute approximate surface area is 167 Å². The smallest absolute Gasteiger partial charge is 0.357 e. The second-order valence-electron chi connectivity index (χ2n) is 6.32.